The smallest absolute Gasteiger partial charge is 0.122 e. The van der Waals surface area contributed by atoms with Crippen LogP contribution in [0.15, 0.2) is 36.5 Å². The van der Waals surface area contributed by atoms with E-state index in [1.165, 1.54) is 0 Å². The summed E-state index contributed by atoms with van der Waals surface area (Å²) in [7, 11) is 0. The first-order valence-electron chi connectivity index (χ1n) is 7.84. The Morgan fingerprint density at radius 3 is 3.05 bits per heavy atom. The summed E-state index contributed by atoms with van der Waals surface area (Å²) in [6.45, 7) is 3.95. The second-order valence-electron chi connectivity index (χ2n) is 5.90. The van der Waals surface area contributed by atoms with Gasteiger partial charge in [-0.25, -0.2) is 0 Å². The molecule has 5 nitrogen and oxygen atoms in total. The Kier molecular flexibility index (Phi) is 4.75. The predicted octanol–water partition coefficient (Wildman–Crippen LogP) is 2.29. The molecular formula is C17H23N3O2. The summed E-state index contributed by atoms with van der Waals surface area (Å²) in [6.07, 6.45) is 3.54. The molecule has 1 fully saturated rings. The second kappa shape index (κ2) is 6.94. The largest absolute Gasteiger partial charge is 0.491 e. The lowest BCUT2D eigenvalue weighted by molar-refractivity contribution is 0.0631. The van der Waals surface area contributed by atoms with Crippen LogP contribution in [0.5, 0.6) is 5.75 Å². The first-order chi connectivity index (χ1) is 10.7. The highest BCUT2D eigenvalue weighted by Gasteiger charge is 2.28. The molecule has 1 aliphatic heterocycles. The van der Waals surface area contributed by atoms with Gasteiger partial charge in [-0.15, -0.1) is 0 Å². The van der Waals surface area contributed by atoms with E-state index in [1.54, 1.807) is 6.20 Å². The molecule has 0 radical (unpaired) electrons. The van der Waals surface area contributed by atoms with E-state index in [1.807, 2.05) is 37.3 Å². The highest BCUT2D eigenvalue weighted by molar-refractivity contribution is 5.31. The molecule has 0 aliphatic carbocycles. The number of hydrogen-bond donors (Lipinski definition) is 2. The summed E-state index contributed by atoms with van der Waals surface area (Å²) < 4.78 is 5.74. The van der Waals surface area contributed by atoms with Crippen LogP contribution in [0, 0.1) is 6.92 Å². The summed E-state index contributed by atoms with van der Waals surface area (Å²) in [5.41, 5.74) is 2.22. The number of aliphatic hydroxyl groups is 1. The molecule has 5 heteroatoms. The summed E-state index contributed by atoms with van der Waals surface area (Å²) in [5, 5.41) is 17.4. The van der Waals surface area contributed by atoms with E-state index in [2.05, 4.69) is 15.1 Å². The van der Waals surface area contributed by atoms with Crippen molar-refractivity contribution in [2.75, 3.05) is 19.7 Å². The highest BCUT2D eigenvalue weighted by atomic mass is 16.5. The van der Waals surface area contributed by atoms with Gasteiger partial charge < -0.3 is 9.84 Å². The SMILES string of the molecule is Cc1ccccc1OC[C@H](O)CN1CCC[C@H]1c1ccn[nH]1. The summed E-state index contributed by atoms with van der Waals surface area (Å²) in [6, 6.07) is 10.2. The van der Waals surface area contributed by atoms with Crippen molar-refractivity contribution in [1.29, 1.82) is 0 Å². The summed E-state index contributed by atoms with van der Waals surface area (Å²) in [5.74, 6) is 0.841. The zero-order valence-electron chi connectivity index (χ0n) is 12.9. The molecule has 0 amide bonds. The minimum absolute atomic E-state index is 0.317. The Bertz CT molecular complexity index is 585. The van der Waals surface area contributed by atoms with Gasteiger partial charge in [0, 0.05) is 12.7 Å². The molecule has 0 bridgehead atoms. The van der Waals surface area contributed by atoms with Crippen LogP contribution in [0.4, 0.5) is 0 Å². The zero-order valence-corrected chi connectivity index (χ0v) is 12.9. The molecule has 22 heavy (non-hydrogen) atoms. The number of likely N-dealkylation sites (tertiary alicyclic amines) is 1. The van der Waals surface area contributed by atoms with Gasteiger partial charge in [0.1, 0.15) is 18.5 Å². The number of aromatic nitrogens is 2. The summed E-state index contributed by atoms with van der Waals surface area (Å²) in [4.78, 5) is 2.30. The maximum atomic E-state index is 10.3. The number of benzene rings is 1. The van der Waals surface area contributed by atoms with E-state index < -0.39 is 6.10 Å². The number of nitrogens with zero attached hydrogens (tertiary/aromatic N) is 2. The Balaban J connectivity index is 1.53. The minimum Gasteiger partial charge on any atom is -0.491 e. The number of aryl methyl sites for hydroxylation is 1. The Labute approximate surface area is 130 Å². The first-order valence-corrected chi connectivity index (χ1v) is 7.84. The van der Waals surface area contributed by atoms with Crippen LogP contribution in [0.25, 0.3) is 0 Å². The Morgan fingerprint density at radius 2 is 2.27 bits per heavy atom. The van der Waals surface area contributed by atoms with E-state index in [9.17, 15) is 5.11 Å². The normalized spacial score (nSPS) is 20.2. The lowest BCUT2D eigenvalue weighted by atomic mass is 10.1. The third-order valence-corrected chi connectivity index (χ3v) is 4.22. The summed E-state index contributed by atoms with van der Waals surface area (Å²) >= 11 is 0. The maximum absolute atomic E-state index is 10.3. The van der Waals surface area contributed by atoms with Gasteiger partial charge in [0.15, 0.2) is 0 Å². The molecule has 0 saturated carbocycles. The van der Waals surface area contributed by atoms with Crippen LogP contribution in [0.1, 0.15) is 30.1 Å². The highest BCUT2D eigenvalue weighted by Crippen LogP contribution is 2.30. The number of nitrogens with one attached hydrogen (secondary N) is 1. The van der Waals surface area contributed by atoms with Crippen molar-refractivity contribution in [2.24, 2.45) is 0 Å². The fourth-order valence-corrected chi connectivity index (χ4v) is 3.08. The quantitative estimate of drug-likeness (QED) is 0.859. The fourth-order valence-electron chi connectivity index (χ4n) is 3.08. The van der Waals surface area contributed by atoms with Crippen molar-refractivity contribution in [2.45, 2.75) is 31.9 Å². The molecule has 118 valence electrons. The molecule has 1 aromatic heterocycles. The number of aromatic amines is 1. The van der Waals surface area contributed by atoms with Gasteiger partial charge in [0.25, 0.3) is 0 Å². The number of rotatable bonds is 6. The van der Waals surface area contributed by atoms with Crippen LogP contribution in [-0.2, 0) is 0 Å². The van der Waals surface area contributed by atoms with Crippen molar-refractivity contribution in [3.8, 4) is 5.75 Å². The van der Waals surface area contributed by atoms with Gasteiger partial charge in [-0.3, -0.25) is 10.00 Å². The number of para-hydroxylation sites is 1. The maximum Gasteiger partial charge on any atom is 0.122 e. The van der Waals surface area contributed by atoms with Crippen molar-refractivity contribution < 1.29 is 9.84 Å². The topological polar surface area (TPSA) is 61.4 Å². The lowest BCUT2D eigenvalue weighted by Crippen LogP contribution is -2.35. The molecule has 3 rings (SSSR count). The van der Waals surface area contributed by atoms with Crippen LogP contribution in [-0.4, -0.2) is 46.0 Å². The molecule has 1 saturated heterocycles. The standard InChI is InChI=1S/C17H23N3O2/c1-13-5-2-3-7-17(13)22-12-14(21)11-20-10-4-6-16(20)15-8-9-18-19-15/h2-3,5,7-9,14,16,21H,4,6,10-12H2,1H3,(H,18,19)/t14-,16+/m1/s1. The Hall–Kier alpha value is -1.85. The molecule has 2 N–H and O–H groups in total. The average Bonchev–Trinajstić information content (AvgIpc) is 3.17. The van der Waals surface area contributed by atoms with Crippen LogP contribution in [0.3, 0.4) is 0 Å². The molecule has 2 atom stereocenters. The molecule has 0 spiro atoms. The van der Waals surface area contributed by atoms with Gasteiger partial charge in [-0.05, 0) is 44.0 Å². The molecule has 1 aromatic carbocycles. The molecule has 1 aliphatic rings. The lowest BCUT2D eigenvalue weighted by Gasteiger charge is -2.26. The number of aliphatic hydroxyl groups excluding tert-OH is 1. The molecule has 2 heterocycles. The van der Waals surface area contributed by atoms with Gasteiger partial charge in [0.05, 0.1) is 11.7 Å². The van der Waals surface area contributed by atoms with Crippen molar-refractivity contribution >= 4 is 0 Å². The first kappa shape index (κ1) is 15.1. The predicted molar refractivity (Wildman–Crippen MR) is 84.8 cm³/mol. The van der Waals surface area contributed by atoms with E-state index >= 15 is 0 Å². The van der Waals surface area contributed by atoms with Crippen LogP contribution in [0.2, 0.25) is 0 Å². The van der Waals surface area contributed by atoms with Gasteiger partial charge in [0.2, 0.25) is 0 Å². The van der Waals surface area contributed by atoms with Crippen molar-refractivity contribution in [3.05, 3.63) is 47.8 Å². The third-order valence-electron chi connectivity index (χ3n) is 4.22. The average molecular weight is 301 g/mol. The van der Waals surface area contributed by atoms with Crippen LogP contribution >= 0.6 is 0 Å². The fraction of sp³-hybridized carbons (Fsp3) is 0.471. The number of β-amino-alcohol motifs (C(OH)–C–C–N with tert-alkyl or cyclic N) is 1. The zero-order chi connectivity index (χ0) is 15.4. The molecule has 0 unspecified atom stereocenters. The molecule has 2 aromatic rings. The van der Waals surface area contributed by atoms with E-state index in [4.69, 9.17) is 4.74 Å². The van der Waals surface area contributed by atoms with E-state index in [0.717, 1.165) is 36.4 Å². The molecular weight excluding hydrogens is 278 g/mol. The number of hydrogen-bond acceptors (Lipinski definition) is 4. The monoisotopic (exact) mass is 301 g/mol. The number of ether oxygens (including phenoxy) is 1. The van der Waals surface area contributed by atoms with E-state index in [-0.39, 0.29) is 0 Å². The van der Waals surface area contributed by atoms with Gasteiger partial charge in [-0.1, -0.05) is 18.2 Å². The third kappa shape index (κ3) is 3.48. The minimum atomic E-state index is -0.497. The van der Waals surface area contributed by atoms with Gasteiger partial charge in [-0.2, -0.15) is 5.10 Å². The number of H-pyrrole nitrogens is 1. The second-order valence-corrected chi connectivity index (χ2v) is 5.90. The van der Waals surface area contributed by atoms with E-state index in [0.29, 0.717) is 19.2 Å². The Morgan fingerprint density at radius 1 is 1.41 bits per heavy atom. The van der Waals surface area contributed by atoms with Crippen molar-refractivity contribution in [3.63, 3.8) is 0 Å². The van der Waals surface area contributed by atoms with Gasteiger partial charge >= 0.3 is 0 Å². The van der Waals surface area contributed by atoms with Crippen molar-refractivity contribution in [1.82, 2.24) is 15.1 Å². The van der Waals surface area contributed by atoms with Crippen LogP contribution < -0.4 is 4.74 Å².